The number of amides is 1. The van der Waals surface area contributed by atoms with E-state index < -0.39 is 0 Å². The van der Waals surface area contributed by atoms with Gasteiger partial charge in [0.1, 0.15) is 17.8 Å². The van der Waals surface area contributed by atoms with Crippen molar-refractivity contribution in [3.05, 3.63) is 131 Å². The molecule has 4 aromatic rings. The van der Waals surface area contributed by atoms with Gasteiger partial charge in [0.25, 0.3) is 5.91 Å². The lowest BCUT2D eigenvalue weighted by Gasteiger charge is -2.38. The van der Waals surface area contributed by atoms with E-state index in [1.807, 2.05) is 42.5 Å². The number of fused-ring (bicyclic) bond motifs is 1. The highest BCUT2D eigenvalue weighted by Crippen LogP contribution is 2.38. The van der Waals surface area contributed by atoms with Crippen LogP contribution in [-0.4, -0.2) is 28.9 Å². The smallest absolute Gasteiger partial charge is 0.273 e. The highest BCUT2D eigenvalue weighted by molar-refractivity contribution is 5.91. The Morgan fingerprint density at radius 2 is 1.97 bits per heavy atom. The molecule has 1 aliphatic heterocycles. The summed E-state index contributed by atoms with van der Waals surface area (Å²) in [4.78, 5) is 18.6. The number of benzene rings is 3. The SMILES string of the molecule is C=CCNC(=O)c1coc(COc2ccc3c(c2)C(c2ccccc2)N(Cc2ccccc2F)CC3)n1. The van der Waals surface area contributed by atoms with Gasteiger partial charge in [0.15, 0.2) is 12.3 Å². The van der Waals surface area contributed by atoms with E-state index in [2.05, 4.69) is 40.0 Å². The Morgan fingerprint density at radius 3 is 2.78 bits per heavy atom. The zero-order valence-corrected chi connectivity index (χ0v) is 20.4. The second-order valence-electron chi connectivity index (χ2n) is 8.90. The van der Waals surface area contributed by atoms with Gasteiger partial charge in [-0.15, -0.1) is 6.58 Å². The number of halogens is 1. The van der Waals surface area contributed by atoms with Gasteiger partial charge in [0, 0.05) is 25.2 Å². The summed E-state index contributed by atoms with van der Waals surface area (Å²) in [6, 6.07) is 23.2. The number of rotatable bonds is 9. The molecule has 1 unspecified atom stereocenters. The number of nitrogens with one attached hydrogen (secondary N) is 1. The summed E-state index contributed by atoms with van der Waals surface area (Å²) in [7, 11) is 0. The van der Waals surface area contributed by atoms with Crippen molar-refractivity contribution in [2.45, 2.75) is 25.6 Å². The second-order valence-corrected chi connectivity index (χ2v) is 8.90. The molecule has 5 rings (SSSR count). The molecule has 0 aliphatic carbocycles. The summed E-state index contributed by atoms with van der Waals surface area (Å²) < 4.78 is 25.9. The Morgan fingerprint density at radius 1 is 1.16 bits per heavy atom. The number of carbonyl (C=O) groups is 1. The number of ether oxygens (including phenoxy) is 1. The molecule has 1 amide bonds. The average molecular weight is 498 g/mol. The van der Waals surface area contributed by atoms with E-state index in [0.717, 1.165) is 24.1 Å². The van der Waals surface area contributed by atoms with Gasteiger partial charge in [0.05, 0.1) is 6.04 Å². The van der Waals surface area contributed by atoms with E-state index in [4.69, 9.17) is 9.15 Å². The van der Waals surface area contributed by atoms with Crippen molar-refractivity contribution in [1.82, 2.24) is 15.2 Å². The Bertz CT molecular complexity index is 1390. The fourth-order valence-electron chi connectivity index (χ4n) is 4.66. The molecule has 1 aliphatic rings. The van der Waals surface area contributed by atoms with Crippen LogP contribution in [0, 0.1) is 5.82 Å². The summed E-state index contributed by atoms with van der Waals surface area (Å²) in [5.74, 6) is 0.454. The van der Waals surface area contributed by atoms with E-state index in [1.165, 1.54) is 17.9 Å². The third-order valence-corrected chi connectivity index (χ3v) is 6.45. The first kappa shape index (κ1) is 24.5. The van der Waals surface area contributed by atoms with E-state index in [1.54, 1.807) is 12.1 Å². The van der Waals surface area contributed by atoms with E-state index in [0.29, 0.717) is 30.3 Å². The molecule has 1 N–H and O–H groups in total. The van der Waals surface area contributed by atoms with Crippen LogP contribution in [0.15, 0.2) is 96.1 Å². The third kappa shape index (κ3) is 5.62. The van der Waals surface area contributed by atoms with E-state index in [9.17, 15) is 9.18 Å². The first-order chi connectivity index (χ1) is 18.1. The molecule has 1 aromatic heterocycles. The normalized spacial score (nSPS) is 15.1. The molecule has 0 saturated heterocycles. The number of nitrogens with zero attached hydrogens (tertiary/aromatic N) is 2. The molecule has 7 heteroatoms. The molecule has 6 nitrogen and oxygen atoms in total. The maximum absolute atomic E-state index is 14.5. The minimum absolute atomic E-state index is 0.0463. The molecular formula is C30H28FN3O3. The number of carbonyl (C=O) groups excluding carboxylic acids is 1. The van der Waals surface area contributed by atoms with E-state index in [-0.39, 0.29) is 30.1 Å². The van der Waals surface area contributed by atoms with Crippen molar-refractivity contribution in [3.8, 4) is 5.75 Å². The van der Waals surface area contributed by atoms with Gasteiger partial charge < -0.3 is 14.5 Å². The van der Waals surface area contributed by atoms with Crippen molar-refractivity contribution in [3.63, 3.8) is 0 Å². The van der Waals surface area contributed by atoms with Crippen molar-refractivity contribution in [2.24, 2.45) is 0 Å². The van der Waals surface area contributed by atoms with Gasteiger partial charge in [-0.1, -0.05) is 60.7 Å². The summed E-state index contributed by atoms with van der Waals surface area (Å²) in [6.45, 7) is 5.33. The number of oxazole rings is 1. The van der Waals surface area contributed by atoms with Gasteiger partial charge in [-0.05, 0) is 41.3 Å². The fraction of sp³-hybridized carbons (Fsp3) is 0.200. The first-order valence-electron chi connectivity index (χ1n) is 12.2. The number of aromatic nitrogens is 1. The van der Waals surface area contributed by atoms with Crippen LogP contribution in [-0.2, 0) is 19.6 Å². The Hall–Kier alpha value is -4.23. The van der Waals surface area contributed by atoms with Gasteiger partial charge in [-0.3, -0.25) is 9.69 Å². The lowest BCUT2D eigenvalue weighted by molar-refractivity contribution is 0.0953. The van der Waals surface area contributed by atoms with Crippen LogP contribution < -0.4 is 10.1 Å². The molecular weight excluding hydrogens is 469 g/mol. The van der Waals surface area contributed by atoms with Crippen molar-refractivity contribution in [2.75, 3.05) is 13.1 Å². The number of hydrogen-bond acceptors (Lipinski definition) is 5. The van der Waals surface area contributed by atoms with Crippen LogP contribution in [0.2, 0.25) is 0 Å². The molecule has 0 radical (unpaired) electrons. The van der Waals surface area contributed by atoms with Crippen LogP contribution in [0.4, 0.5) is 4.39 Å². The summed E-state index contributed by atoms with van der Waals surface area (Å²) in [5, 5.41) is 2.67. The first-order valence-corrected chi connectivity index (χ1v) is 12.2. The monoisotopic (exact) mass is 497 g/mol. The number of hydrogen-bond donors (Lipinski definition) is 1. The van der Waals surface area contributed by atoms with Crippen LogP contribution in [0.1, 0.15) is 44.7 Å². The average Bonchev–Trinajstić information content (AvgIpc) is 3.41. The van der Waals surface area contributed by atoms with Crippen LogP contribution in [0.3, 0.4) is 0 Å². The van der Waals surface area contributed by atoms with Crippen LogP contribution in [0.5, 0.6) is 5.75 Å². The lowest BCUT2D eigenvalue weighted by Crippen LogP contribution is -2.36. The zero-order chi connectivity index (χ0) is 25.6. The van der Waals surface area contributed by atoms with Crippen molar-refractivity contribution < 1.29 is 18.3 Å². The minimum Gasteiger partial charge on any atom is -0.484 e. The molecule has 2 heterocycles. The topological polar surface area (TPSA) is 67.6 Å². The highest BCUT2D eigenvalue weighted by Gasteiger charge is 2.29. The molecule has 1 atom stereocenters. The maximum atomic E-state index is 14.5. The summed E-state index contributed by atoms with van der Waals surface area (Å²) in [5.41, 5.74) is 4.38. The lowest BCUT2D eigenvalue weighted by atomic mass is 9.87. The zero-order valence-electron chi connectivity index (χ0n) is 20.4. The highest BCUT2D eigenvalue weighted by atomic mass is 19.1. The van der Waals surface area contributed by atoms with Gasteiger partial charge in [-0.2, -0.15) is 0 Å². The van der Waals surface area contributed by atoms with Gasteiger partial charge in [-0.25, -0.2) is 9.37 Å². The maximum Gasteiger partial charge on any atom is 0.273 e. The largest absolute Gasteiger partial charge is 0.484 e. The Balaban J connectivity index is 1.38. The van der Waals surface area contributed by atoms with Crippen molar-refractivity contribution in [1.29, 1.82) is 0 Å². The van der Waals surface area contributed by atoms with Crippen LogP contribution >= 0.6 is 0 Å². The molecule has 3 aromatic carbocycles. The molecule has 0 spiro atoms. The van der Waals surface area contributed by atoms with Gasteiger partial charge >= 0.3 is 0 Å². The molecule has 0 bridgehead atoms. The summed E-state index contributed by atoms with van der Waals surface area (Å²) >= 11 is 0. The standard InChI is InChI=1S/C30H28FN3O3/c1-2-15-32-30(35)27-19-37-28(33-27)20-36-24-13-12-21-14-16-34(18-23-10-6-7-11-26(23)31)29(25(21)17-24)22-8-4-3-5-9-22/h2-13,17,19,29H,1,14-16,18,20H2,(H,32,35). The molecule has 0 fully saturated rings. The Labute approximate surface area is 215 Å². The third-order valence-electron chi connectivity index (χ3n) is 6.45. The molecule has 0 saturated carbocycles. The Kier molecular flexibility index (Phi) is 7.42. The van der Waals surface area contributed by atoms with Crippen molar-refractivity contribution >= 4 is 5.91 Å². The fourth-order valence-corrected chi connectivity index (χ4v) is 4.66. The van der Waals surface area contributed by atoms with E-state index >= 15 is 0 Å². The predicted octanol–water partition coefficient (Wildman–Crippen LogP) is 5.46. The second kappa shape index (κ2) is 11.2. The quantitative estimate of drug-likeness (QED) is 0.311. The summed E-state index contributed by atoms with van der Waals surface area (Å²) in [6.07, 6.45) is 3.77. The molecule has 37 heavy (non-hydrogen) atoms. The van der Waals surface area contributed by atoms with Crippen LogP contribution in [0.25, 0.3) is 0 Å². The predicted molar refractivity (Wildman–Crippen MR) is 139 cm³/mol. The minimum atomic E-state index is -0.329. The molecule has 188 valence electrons. The van der Waals surface area contributed by atoms with Gasteiger partial charge in [0.2, 0.25) is 5.89 Å².